The molecule has 0 bridgehead atoms. The molecule has 4 aromatic carbocycles. The highest BCUT2D eigenvalue weighted by Crippen LogP contribution is 2.40. The third-order valence-electron chi connectivity index (χ3n) is 4.87. The van der Waals surface area contributed by atoms with Gasteiger partial charge in [-0.2, -0.15) is 0 Å². The summed E-state index contributed by atoms with van der Waals surface area (Å²) in [5, 5.41) is 2.16. The molecule has 3 nitrogen and oxygen atoms in total. The lowest BCUT2D eigenvalue weighted by Gasteiger charge is -2.16. The molecule has 0 radical (unpaired) electrons. The molecule has 0 saturated carbocycles. The van der Waals surface area contributed by atoms with Crippen LogP contribution in [0, 0.1) is 3.57 Å². The van der Waals surface area contributed by atoms with Crippen molar-refractivity contribution in [2.24, 2.45) is 0 Å². The second-order valence-electron chi connectivity index (χ2n) is 6.65. The summed E-state index contributed by atoms with van der Waals surface area (Å²) in [6.07, 6.45) is 0. The van der Waals surface area contributed by atoms with Crippen LogP contribution < -0.4 is 14.2 Å². The van der Waals surface area contributed by atoms with Crippen LogP contribution in [0.1, 0.15) is 5.56 Å². The zero-order valence-electron chi connectivity index (χ0n) is 16.3. The van der Waals surface area contributed by atoms with E-state index in [2.05, 4.69) is 59.0 Å². The third kappa shape index (κ3) is 4.17. The maximum atomic E-state index is 6.23. The number of ether oxygens (including phenoxy) is 3. The molecule has 146 valence electrons. The van der Waals surface area contributed by atoms with E-state index in [1.165, 1.54) is 5.56 Å². The summed E-state index contributed by atoms with van der Waals surface area (Å²) >= 11 is 2.39. The number of hydrogen-bond donors (Lipinski definition) is 0. The molecule has 29 heavy (non-hydrogen) atoms. The van der Waals surface area contributed by atoms with Crippen molar-refractivity contribution < 1.29 is 14.2 Å². The number of benzene rings is 4. The van der Waals surface area contributed by atoms with Crippen LogP contribution in [-0.4, -0.2) is 14.2 Å². The summed E-state index contributed by atoms with van der Waals surface area (Å²) in [7, 11) is 3.36. The van der Waals surface area contributed by atoms with Crippen molar-refractivity contribution in [3.8, 4) is 28.4 Å². The molecular formula is C25H21IO3. The average molecular weight is 496 g/mol. The Morgan fingerprint density at radius 3 is 2.10 bits per heavy atom. The first-order valence-electron chi connectivity index (χ1n) is 9.31. The van der Waals surface area contributed by atoms with Crippen molar-refractivity contribution in [2.45, 2.75) is 6.61 Å². The van der Waals surface area contributed by atoms with Crippen LogP contribution in [0.3, 0.4) is 0 Å². The van der Waals surface area contributed by atoms with Crippen LogP contribution in [0.5, 0.6) is 17.2 Å². The van der Waals surface area contributed by atoms with E-state index in [1.807, 2.05) is 42.5 Å². The van der Waals surface area contributed by atoms with Crippen LogP contribution >= 0.6 is 22.6 Å². The first-order chi connectivity index (χ1) is 14.2. The second-order valence-corrected chi connectivity index (χ2v) is 7.81. The maximum Gasteiger partial charge on any atom is 0.128 e. The van der Waals surface area contributed by atoms with Gasteiger partial charge in [0.2, 0.25) is 0 Å². The Labute approximate surface area is 184 Å². The molecule has 0 atom stereocenters. The van der Waals surface area contributed by atoms with Gasteiger partial charge < -0.3 is 14.2 Å². The lowest BCUT2D eigenvalue weighted by atomic mass is 9.97. The van der Waals surface area contributed by atoms with Gasteiger partial charge in [-0.15, -0.1) is 0 Å². The van der Waals surface area contributed by atoms with Crippen molar-refractivity contribution in [1.82, 2.24) is 0 Å². The van der Waals surface area contributed by atoms with Crippen LogP contribution in [-0.2, 0) is 6.61 Å². The fourth-order valence-corrected chi connectivity index (χ4v) is 4.26. The highest BCUT2D eigenvalue weighted by Gasteiger charge is 2.15. The van der Waals surface area contributed by atoms with Gasteiger partial charge in [-0.3, -0.25) is 0 Å². The Morgan fingerprint density at radius 1 is 0.724 bits per heavy atom. The van der Waals surface area contributed by atoms with E-state index in [-0.39, 0.29) is 0 Å². The Bertz CT molecular complexity index is 1120. The van der Waals surface area contributed by atoms with E-state index in [9.17, 15) is 0 Å². The first kappa shape index (κ1) is 19.6. The fraction of sp³-hybridized carbons (Fsp3) is 0.120. The topological polar surface area (TPSA) is 27.7 Å². The largest absolute Gasteiger partial charge is 0.497 e. The Morgan fingerprint density at radius 2 is 1.41 bits per heavy atom. The smallest absolute Gasteiger partial charge is 0.128 e. The van der Waals surface area contributed by atoms with E-state index in [0.717, 1.165) is 42.7 Å². The normalized spacial score (nSPS) is 10.7. The van der Waals surface area contributed by atoms with Gasteiger partial charge >= 0.3 is 0 Å². The third-order valence-corrected chi connectivity index (χ3v) is 5.72. The van der Waals surface area contributed by atoms with Crippen molar-refractivity contribution in [2.75, 3.05) is 14.2 Å². The summed E-state index contributed by atoms with van der Waals surface area (Å²) in [4.78, 5) is 0. The van der Waals surface area contributed by atoms with Crippen LogP contribution in [0.2, 0.25) is 0 Å². The van der Waals surface area contributed by atoms with E-state index in [1.54, 1.807) is 14.2 Å². The molecule has 0 aromatic heterocycles. The van der Waals surface area contributed by atoms with Gasteiger partial charge in [-0.05, 0) is 75.5 Å². The molecule has 0 heterocycles. The molecule has 4 aromatic rings. The molecule has 0 N–H and O–H groups in total. The SMILES string of the molecule is COc1ccc(-c2c(I)cc(OCc3ccccc3)c3cc(OC)ccc23)cc1. The maximum absolute atomic E-state index is 6.23. The number of halogens is 1. The minimum atomic E-state index is 0.519. The molecule has 0 fully saturated rings. The monoisotopic (exact) mass is 496 g/mol. The van der Waals surface area contributed by atoms with Crippen molar-refractivity contribution in [3.05, 3.63) is 88.0 Å². The zero-order valence-corrected chi connectivity index (χ0v) is 18.5. The molecule has 0 unspecified atom stereocenters. The lowest BCUT2D eigenvalue weighted by molar-refractivity contribution is 0.310. The van der Waals surface area contributed by atoms with Gasteiger partial charge in [-0.25, -0.2) is 0 Å². The molecule has 0 amide bonds. The van der Waals surface area contributed by atoms with E-state index in [0.29, 0.717) is 6.61 Å². The number of fused-ring (bicyclic) bond motifs is 1. The van der Waals surface area contributed by atoms with Crippen LogP contribution in [0.4, 0.5) is 0 Å². The molecule has 4 rings (SSSR count). The predicted molar refractivity (Wildman–Crippen MR) is 126 cm³/mol. The molecule has 4 heteroatoms. The van der Waals surface area contributed by atoms with E-state index < -0.39 is 0 Å². The van der Waals surface area contributed by atoms with Crippen molar-refractivity contribution in [1.29, 1.82) is 0 Å². The van der Waals surface area contributed by atoms with Crippen molar-refractivity contribution in [3.63, 3.8) is 0 Å². The molecular weight excluding hydrogens is 475 g/mol. The number of rotatable bonds is 6. The van der Waals surface area contributed by atoms with Crippen LogP contribution in [0.15, 0.2) is 78.9 Å². The Kier molecular flexibility index (Phi) is 5.90. The Balaban J connectivity index is 1.82. The summed E-state index contributed by atoms with van der Waals surface area (Å²) < 4.78 is 18.1. The minimum Gasteiger partial charge on any atom is -0.497 e. The highest BCUT2D eigenvalue weighted by atomic mass is 127. The van der Waals surface area contributed by atoms with E-state index in [4.69, 9.17) is 14.2 Å². The van der Waals surface area contributed by atoms with Gasteiger partial charge in [0, 0.05) is 14.5 Å². The van der Waals surface area contributed by atoms with Gasteiger partial charge in [0.25, 0.3) is 0 Å². The summed E-state index contributed by atoms with van der Waals surface area (Å²) in [6.45, 7) is 0.519. The lowest BCUT2D eigenvalue weighted by Crippen LogP contribution is -1.98. The van der Waals surface area contributed by atoms with E-state index >= 15 is 0 Å². The fourth-order valence-electron chi connectivity index (χ4n) is 3.37. The molecule has 0 aliphatic rings. The zero-order chi connectivity index (χ0) is 20.2. The minimum absolute atomic E-state index is 0.519. The van der Waals surface area contributed by atoms with Gasteiger partial charge in [-0.1, -0.05) is 42.5 Å². The predicted octanol–water partition coefficient (Wildman–Crippen LogP) is 6.71. The number of methoxy groups -OCH3 is 2. The standard InChI is InChI=1S/C25H21IO3/c1-27-19-10-8-18(9-11-19)25-21-13-12-20(28-2)14-22(21)24(15-23(25)26)29-16-17-6-4-3-5-7-17/h3-15H,16H2,1-2H3. The van der Waals surface area contributed by atoms with Crippen molar-refractivity contribution >= 4 is 33.4 Å². The van der Waals surface area contributed by atoms with Gasteiger partial charge in [0.05, 0.1) is 14.2 Å². The molecule has 0 saturated heterocycles. The number of hydrogen-bond acceptors (Lipinski definition) is 3. The highest BCUT2D eigenvalue weighted by molar-refractivity contribution is 14.1. The summed E-state index contributed by atoms with van der Waals surface area (Å²) in [5.74, 6) is 2.51. The Hall–Kier alpha value is -2.73. The first-order valence-corrected chi connectivity index (χ1v) is 10.4. The second kappa shape index (κ2) is 8.74. The van der Waals surface area contributed by atoms with Gasteiger partial charge in [0.1, 0.15) is 23.9 Å². The van der Waals surface area contributed by atoms with Gasteiger partial charge in [0.15, 0.2) is 0 Å². The molecule has 0 aliphatic carbocycles. The average Bonchev–Trinajstić information content (AvgIpc) is 2.78. The molecule has 0 spiro atoms. The van der Waals surface area contributed by atoms with Crippen LogP contribution in [0.25, 0.3) is 21.9 Å². The summed E-state index contributed by atoms with van der Waals surface area (Å²) in [5.41, 5.74) is 3.45. The molecule has 0 aliphatic heterocycles. The summed E-state index contributed by atoms with van der Waals surface area (Å²) in [6, 6.07) is 26.6. The quantitative estimate of drug-likeness (QED) is 0.278.